The summed E-state index contributed by atoms with van der Waals surface area (Å²) >= 11 is 0. The van der Waals surface area contributed by atoms with E-state index in [-0.39, 0.29) is 0 Å². The summed E-state index contributed by atoms with van der Waals surface area (Å²) in [7, 11) is 0. The van der Waals surface area contributed by atoms with Crippen molar-refractivity contribution in [1.29, 1.82) is 0 Å². The van der Waals surface area contributed by atoms with Gasteiger partial charge in [-0.15, -0.1) is 0 Å². The van der Waals surface area contributed by atoms with Gasteiger partial charge < -0.3 is 5.32 Å². The molecule has 3 aliphatic rings. The Morgan fingerprint density at radius 2 is 2.13 bits per heavy atom. The van der Waals surface area contributed by atoms with Crippen molar-refractivity contribution in [3.8, 4) is 0 Å². The highest BCUT2D eigenvalue weighted by atomic mass is 15.2. The number of nitrogens with zero attached hydrogens (tertiary/aromatic N) is 1. The Bertz CT molecular complexity index is 225. The number of fused-ring (bicyclic) bond motifs is 2. The van der Waals surface area contributed by atoms with E-state index in [9.17, 15) is 0 Å². The maximum atomic E-state index is 3.69. The fourth-order valence-corrected chi connectivity index (χ4v) is 3.50. The third-order valence-corrected chi connectivity index (χ3v) is 4.72. The lowest BCUT2D eigenvalue weighted by molar-refractivity contribution is 0.211. The number of nitrogens with one attached hydrogen (secondary N) is 1. The predicted octanol–water partition coefficient (Wildman–Crippen LogP) is 1.86. The average molecular weight is 208 g/mol. The molecular formula is C13H24N2. The minimum absolute atomic E-state index is 0.768. The standard InChI is InChI=1S/C13H24N2/c1-10(12-3-4-12)14-6-7-15-9-11-2-5-13(15)8-11/h10-14H,2-9H2,1H3. The van der Waals surface area contributed by atoms with Crippen molar-refractivity contribution in [2.24, 2.45) is 11.8 Å². The zero-order chi connectivity index (χ0) is 10.3. The normalized spacial score (nSPS) is 37.4. The molecule has 2 aliphatic carbocycles. The van der Waals surface area contributed by atoms with Crippen LogP contribution in [0.2, 0.25) is 0 Å². The van der Waals surface area contributed by atoms with Gasteiger partial charge in [0, 0.05) is 31.7 Å². The second-order valence-electron chi connectivity index (χ2n) is 5.91. The van der Waals surface area contributed by atoms with Gasteiger partial charge in [-0.05, 0) is 50.9 Å². The Kier molecular flexibility index (Phi) is 2.73. The van der Waals surface area contributed by atoms with E-state index in [0.29, 0.717) is 0 Å². The first-order valence-corrected chi connectivity index (χ1v) is 6.80. The Morgan fingerprint density at radius 3 is 2.73 bits per heavy atom. The van der Waals surface area contributed by atoms with E-state index in [1.54, 1.807) is 0 Å². The lowest BCUT2D eigenvalue weighted by Crippen LogP contribution is -2.40. The Morgan fingerprint density at radius 1 is 1.27 bits per heavy atom. The molecule has 0 amide bonds. The van der Waals surface area contributed by atoms with Gasteiger partial charge in [0.1, 0.15) is 0 Å². The number of hydrogen-bond acceptors (Lipinski definition) is 2. The molecule has 3 fully saturated rings. The Labute approximate surface area is 93.4 Å². The van der Waals surface area contributed by atoms with Crippen molar-refractivity contribution in [3.63, 3.8) is 0 Å². The summed E-state index contributed by atoms with van der Waals surface area (Å²) in [4.78, 5) is 2.72. The predicted molar refractivity (Wildman–Crippen MR) is 62.9 cm³/mol. The first-order chi connectivity index (χ1) is 7.33. The molecule has 0 aromatic heterocycles. The first-order valence-electron chi connectivity index (χ1n) is 6.80. The average Bonchev–Trinajstić information content (AvgIpc) is 2.90. The maximum absolute atomic E-state index is 3.69. The molecule has 1 heterocycles. The lowest BCUT2D eigenvalue weighted by atomic mass is 10.1. The van der Waals surface area contributed by atoms with Gasteiger partial charge in [-0.3, -0.25) is 4.90 Å². The number of rotatable bonds is 5. The van der Waals surface area contributed by atoms with E-state index in [2.05, 4.69) is 17.1 Å². The van der Waals surface area contributed by atoms with Gasteiger partial charge in [-0.25, -0.2) is 0 Å². The molecular weight excluding hydrogens is 184 g/mol. The van der Waals surface area contributed by atoms with Crippen LogP contribution in [0.5, 0.6) is 0 Å². The number of piperidine rings is 1. The molecule has 0 radical (unpaired) electrons. The van der Waals surface area contributed by atoms with Crippen molar-refractivity contribution < 1.29 is 0 Å². The van der Waals surface area contributed by atoms with E-state index in [4.69, 9.17) is 0 Å². The fourth-order valence-electron chi connectivity index (χ4n) is 3.50. The van der Waals surface area contributed by atoms with Crippen LogP contribution in [0.3, 0.4) is 0 Å². The molecule has 2 bridgehead atoms. The van der Waals surface area contributed by atoms with Crippen molar-refractivity contribution in [2.45, 2.75) is 51.1 Å². The largest absolute Gasteiger partial charge is 0.313 e. The summed E-state index contributed by atoms with van der Waals surface area (Å²) in [6.07, 6.45) is 7.40. The molecule has 2 nitrogen and oxygen atoms in total. The number of likely N-dealkylation sites (tertiary alicyclic amines) is 1. The van der Waals surface area contributed by atoms with Crippen LogP contribution in [0.4, 0.5) is 0 Å². The first kappa shape index (κ1) is 10.1. The Balaban J connectivity index is 1.35. The molecule has 1 N–H and O–H groups in total. The van der Waals surface area contributed by atoms with Crippen LogP contribution in [0.25, 0.3) is 0 Å². The van der Waals surface area contributed by atoms with E-state index < -0.39 is 0 Å². The molecule has 3 rings (SSSR count). The van der Waals surface area contributed by atoms with Crippen LogP contribution in [0.1, 0.15) is 39.0 Å². The quantitative estimate of drug-likeness (QED) is 0.742. The lowest BCUT2D eigenvalue weighted by Gasteiger charge is -2.27. The zero-order valence-corrected chi connectivity index (χ0v) is 9.91. The highest BCUT2D eigenvalue weighted by Gasteiger charge is 2.37. The molecule has 15 heavy (non-hydrogen) atoms. The fraction of sp³-hybridized carbons (Fsp3) is 1.00. The van der Waals surface area contributed by atoms with Crippen LogP contribution >= 0.6 is 0 Å². The summed E-state index contributed by atoms with van der Waals surface area (Å²) in [5, 5.41) is 3.69. The molecule has 3 unspecified atom stereocenters. The van der Waals surface area contributed by atoms with Crippen LogP contribution in [0, 0.1) is 11.8 Å². The summed E-state index contributed by atoms with van der Waals surface area (Å²) in [6, 6.07) is 1.72. The SMILES string of the molecule is CC(NCCN1CC2CCC1C2)C1CC1. The van der Waals surface area contributed by atoms with Crippen LogP contribution in [-0.4, -0.2) is 36.6 Å². The van der Waals surface area contributed by atoms with Crippen molar-refractivity contribution in [3.05, 3.63) is 0 Å². The zero-order valence-electron chi connectivity index (χ0n) is 9.91. The van der Waals surface area contributed by atoms with E-state index in [1.165, 1.54) is 51.7 Å². The third-order valence-electron chi connectivity index (χ3n) is 4.72. The van der Waals surface area contributed by atoms with Crippen LogP contribution in [-0.2, 0) is 0 Å². The molecule has 3 atom stereocenters. The van der Waals surface area contributed by atoms with Gasteiger partial charge in [-0.2, -0.15) is 0 Å². The topological polar surface area (TPSA) is 15.3 Å². The molecule has 1 saturated heterocycles. The van der Waals surface area contributed by atoms with Gasteiger partial charge in [-0.1, -0.05) is 0 Å². The molecule has 1 aliphatic heterocycles. The molecule has 0 aromatic rings. The van der Waals surface area contributed by atoms with E-state index in [1.807, 2.05) is 0 Å². The summed E-state index contributed by atoms with van der Waals surface area (Å²) in [5.74, 6) is 2.05. The summed E-state index contributed by atoms with van der Waals surface area (Å²) < 4.78 is 0. The van der Waals surface area contributed by atoms with Crippen molar-refractivity contribution in [2.75, 3.05) is 19.6 Å². The second-order valence-corrected chi connectivity index (χ2v) is 5.91. The monoisotopic (exact) mass is 208 g/mol. The minimum atomic E-state index is 0.768. The highest BCUT2D eigenvalue weighted by Crippen LogP contribution is 2.37. The van der Waals surface area contributed by atoms with E-state index in [0.717, 1.165) is 23.9 Å². The summed E-state index contributed by atoms with van der Waals surface area (Å²) in [6.45, 7) is 6.25. The smallest absolute Gasteiger partial charge is 0.0110 e. The third kappa shape index (κ3) is 2.21. The van der Waals surface area contributed by atoms with Gasteiger partial charge in [0.15, 0.2) is 0 Å². The molecule has 0 aromatic carbocycles. The summed E-state index contributed by atoms with van der Waals surface area (Å²) in [5.41, 5.74) is 0. The Hall–Kier alpha value is -0.0800. The van der Waals surface area contributed by atoms with Crippen molar-refractivity contribution in [1.82, 2.24) is 10.2 Å². The minimum Gasteiger partial charge on any atom is -0.313 e. The van der Waals surface area contributed by atoms with Gasteiger partial charge in [0.25, 0.3) is 0 Å². The maximum Gasteiger partial charge on any atom is 0.0110 e. The van der Waals surface area contributed by atoms with E-state index >= 15 is 0 Å². The molecule has 2 heteroatoms. The molecule has 2 saturated carbocycles. The second kappa shape index (κ2) is 4.06. The molecule has 0 spiro atoms. The van der Waals surface area contributed by atoms with Gasteiger partial charge >= 0.3 is 0 Å². The van der Waals surface area contributed by atoms with Crippen molar-refractivity contribution >= 4 is 0 Å². The number of hydrogen-bond donors (Lipinski definition) is 1. The van der Waals surface area contributed by atoms with Crippen LogP contribution in [0.15, 0.2) is 0 Å². The van der Waals surface area contributed by atoms with Gasteiger partial charge in [0.2, 0.25) is 0 Å². The van der Waals surface area contributed by atoms with Gasteiger partial charge in [0.05, 0.1) is 0 Å². The van der Waals surface area contributed by atoms with Crippen LogP contribution < -0.4 is 5.32 Å². The molecule has 86 valence electrons. The highest BCUT2D eigenvalue weighted by molar-refractivity contribution is 4.92.